The van der Waals surface area contributed by atoms with Gasteiger partial charge in [0.15, 0.2) is 0 Å². The zero-order chi connectivity index (χ0) is 15.9. The molecule has 5 heteroatoms. The Kier molecular flexibility index (Phi) is 6.43. The van der Waals surface area contributed by atoms with E-state index in [1.165, 1.54) is 6.42 Å². The summed E-state index contributed by atoms with van der Waals surface area (Å²) in [5.74, 6) is 2.53. The van der Waals surface area contributed by atoms with Crippen LogP contribution >= 0.6 is 0 Å². The van der Waals surface area contributed by atoms with E-state index in [0.717, 1.165) is 50.8 Å². The molecule has 1 aliphatic rings. The predicted octanol–water partition coefficient (Wildman–Crippen LogP) is 2.24. The topological polar surface area (TPSA) is 50.2 Å². The van der Waals surface area contributed by atoms with Gasteiger partial charge in [-0.3, -0.25) is 4.79 Å². The zero-order valence-corrected chi connectivity index (χ0v) is 14.2. The molecule has 1 aromatic heterocycles. The van der Waals surface area contributed by atoms with Crippen LogP contribution < -0.4 is 5.32 Å². The number of likely N-dealkylation sites (tertiary alicyclic amines) is 1. The molecule has 0 saturated carbocycles. The van der Waals surface area contributed by atoms with Crippen LogP contribution in [-0.2, 0) is 11.3 Å². The first kappa shape index (κ1) is 17.0. The lowest BCUT2D eigenvalue weighted by Crippen LogP contribution is -2.39. The molecule has 0 spiro atoms. The molecule has 1 amide bonds. The van der Waals surface area contributed by atoms with Crippen LogP contribution in [0.5, 0.6) is 0 Å². The highest BCUT2D eigenvalue weighted by atomic mass is 16.2. The molecule has 124 valence electrons. The van der Waals surface area contributed by atoms with Crippen LogP contribution in [-0.4, -0.2) is 47.0 Å². The fourth-order valence-corrected chi connectivity index (χ4v) is 3.20. The number of rotatable bonds is 7. The number of nitrogens with one attached hydrogen (secondary N) is 1. The number of aromatic nitrogens is 2. The van der Waals surface area contributed by atoms with E-state index in [4.69, 9.17) is 0 Å². The lowest BCUT2D eigenvalue weighted by atomic mass is 9.93. The lowest BCUT2D eigenvalue weighted by molar-refractivity contribution is -0.132. The van der Waals surface area contributed by atoms with Crippen molar-refractivity contribution >= 4 is 5.91 Å². The van der Waals surface area contributed by atoms with Crippen molar-refractivity contribution in [1.82, 2.24) is 19.8 Å². The van der Waals surface area contributed by atoms with E-state index in [-0.39, 0.29) is 5.91 Å². The minimum Gasteiger partial charge on any atom is -0.343 e. The summed E-state index contributed by atoms with van der Waals surface area (Å²) in [6.45, 7) is 7.94. The maximum Gasteiger partial charge on any atom is 0.224 e. The van der Waals surface area contributed by atoms with E-state index in [1.54, 1.807) is 0 Å². The molecule has 0 aliphatic carbocycles. The first-order valence-corrected chi connectivity index (χ1v) is 8.55. The second-order valence-corrected chi connectivity index (χ2v) is 6.60. The predicted molar refractivity (Wildman–Crippen MR) is 88.8 cm³/mol. The van der Waals surface area contributed by atoms with E-state index in [2.05, 4.69) is 28.7 Å². The summed E-state index contributed by atoms with van der Waals surface area (Å²) < 4.78 is 2.11. The molecule has 1 fully saturated rings. The van der Waals surface area contributed by atoms with Gasteiger partial charge in [-0.15, -0.1) is 0 Å². The van der Waals surface area contributed by atoms with E-state index < -0.39 is 0 Å². The summed E-state index contributed by atoms with van der Waals surface area (Å²) in [6, 6.07) is 0. The van der Waals surface area contributed by atoms with Crippen molar-refractivity contribution in [2.75, 3.05) is 26.7 Å². The standard InChI is InChI=1S/C17H30N4O/c1-14(2)17-19-9-13-21(17)12-7-16(22)20-10-5-15(6-11-20)4-8-18-3/h9,13-15,18H,4-8,10-12H2,1-3H3. The maximum atomic E-state index is 12.4. The molecule has 2 rings (SSSR count). The summed E-state index contributed by atoms with van der Waals surface area (Å²) in [5.41, 5.74) is 0. The molecule has 1 aliphatic heterocycles. The van der Waals surface area contributed by atoms with Crippen molar-refractivity contribution in [3.05, 3.63) is 18.2 Å². The highest BCUT2D eigenvalue weighted by Crippen LogP contribution is 2.21. The van der Waals surface area contributed by atoms with E-state index in [0.29, 0.717) is 12.3 Å². The summed E-state index contributed by atoms with van der Waals surface area (Å²) >= 11 is 0. The smallest absolute Gasteiger partial charge is 0.224 e. The number of aryl methyl sites for hydroxylation is 1. The summed E-state index contributed by atoms with van der Waals surface area (Å²) in [7, 11) is 2.00. The van der Waals surface area contributed by atoms with Crippen LogP contribution in [0.25, 0.3) is 0 Å². The number of hydrogen-bond acceptors (Lipinski definition) is 3. The molecule has 1 saturated heterocycles. The van der Waals surface area contributed by atoms with Gasteiger partial charge in [-0.1, -0.05) is 13.8 Å². The zero-order valence-electron chi connectivity index (χ0n) is 14.2. The molecule has 0 unspecified atom stereocenters. The molecular formula is C17H30N4O. The quantitative estimate of drug-likeness (QED) is 0.840. The molecule has 22 heavy (non-hydrogen) atoms. The molecule has 2 heterocycles. The SMILES string of the molecule is CNCCC1CCN(C(=O)CCn2ccnc2C(C)C)CC1. The fraction of sp³-hybridized carbons (Fsp3) is 0.765. The number of piperidine rings is 1. The first-order valence-electron chi connectivity index (χ1n) is 8.55. The molecular weight excluding hydrogens is 276 g/mol. The van der Waals surface area contributed by atoms with Crippen LogP contribution in [0.4, 0.5) is 0 Å². The van der Waals surface area contributed by atoms with Crippen molar-refractivity contribution in [2.45, 2.75) is 52.0 Å². The molecule has 0 atom stereocenters. The van der Waals surface area contributed by atoms with Crippen LogP contribution in [0.15, 0.2) is 12.4 Å². The van der Waals surface area contributed by atoms with Gasteiger partial charge in [-0.25, -0.2) is 4.98 Å². The number of carbonyl (C=O) groups is 1. The molecule has 0 bridgehead atoms. The van der Waals surface area contributed by atoms with Gasteiger partial charge in [-0.2, -0.15) is 0 Å². The van der Waals surface area contributed by atoms with Crippen LogP contribution in [0, 0.1) is 5.92 Å². The lowest BCUT2D eigenvalue weighted by Gasteiger charge is -2.32. The maximum absolute atomic E-state index is 12.4. The van der Waals surface area contributed by atoms with E-state index in [9.17, 15) is 4.79 Å². The Balaban J connectivity index is 1.75. The average molecular weight is 306 g/mol. The van der Waals surface area contributed by atoms with Crippen LogP contribution in [0.2, 0.25) is 0 Å². The molecule has 0 aromatic carbocycles. The summed E-state index contributed by atoms with van der Waals surface area (Å²) in [4.78, 5) is 18.8. The van der Waals surface area contributed by atoms with E-state index >= 15 is 0 Å². The Morgan fingerprint density at radius 2 is 2.14 bits per heavy atom. The van der Waals surface area contributed by atoms with Crippen LogP contribution in [0.1, 0.15) is 51.3 Å². The molecule has 1 N–H and O–H groups in total. The molecule has 0 radical (unpaired) electrons. The van der Waals surface area contributed by atoms with E-state index in [1.807, 2.05) is 24.3 Å². The Bertz CT molecular complexity index is 461. The fourth-order valence-electron chi connectivity index (χ4n) is 3.20. The second-order valence-electron chi connectivity index (χ2n) is 6.60. The third-order valence-electron chi connectivity index (χ3n) is 4.60. The Labute approximate surface area is 134 Å². The highest BCUT2D eigenvalue weighted by Gasteiger charge is 2.22. The number of nitrogens with zero attached hydrogens (tertiary/aromatic N) is 3. The minimum absolute atomic E-state index is 0.287. The number of imidazole rings is 1. The Morgan fingerprint density at radius 3 is 2.77 bits per heavy atom. The van der Waals surface area contributed by atoms with Crippen LogP contribution in [0.3, 0.4) is 0 Å². The third kappa shape index (κ3) is 4.57. The third-order valence-corrected chi connectivity index (χ3v) is 4.60. The van der Waals surface area contributed by atoms with Crippen molar-refractivity contribution < 1.29 is 4.79 Å². The average Bonchev–Trinajstić information content (AvgIpc) is 3.00. The monoisotopic (exact) mass is 306 g/mol. The van der Waals surface area contributed by atoms with Crippen molar-refractivity contribution in [1.29, 1.82) is 0 Å². The number of carbonyl (C=O) groups excluding carboxylic acids is 1. The summed E-state index contributed by atoms with van der Waals surface area (Å²) in [6.07, 6.45) is 7.91. The van der Waals surface area contributed by atoms with Gasteiger partial charge in [0.05, 0.1) is 0 Å². The largest absolute Gasteiger partial charge is 0.343 e. The first-order chi connectivity index (χ1) is 10.6. The normalized spacial score (nSPS) is 16.5. The Hall–Kier alpha value is -1.36. The molecule has 5 nitrogen and oxygen atoms in total. The highest BCUT2D eigenvalue weighted by molar-refractivity contribution is 5.76. The number of hydrogen-bond donors (Lipinski definition) is 1. The van der Waals surface area contributed by atoms with Gasteiger partial charge in [0, 0.05) is 44.4 Å². The second kappa shape index (κ2) is 8.32. The van der Waals surface area contributed by atoms with Gasteiger partial charge in [0.1, 0.15) is 5.82 Å². The van der Waals surface area contributed by atoms with Gasteiger partial charge >= 0.3 is 0 Å². The minimum atomic E-state index is 0.287. The van der Waals surface area contributed by atoms with Gasteiger partial charge in [0.25, 0.3) is 0 Å². The van der Waals surface area contributed by atoms with Gasteiger partial charge < -0.3 is 14.8 Å². The van der Waals surface area contributed by atoms with Crippen molar-refractivity contribution in [3.63, 3.8) is 0 Å². The molecule has 1 aromatic rings. The number of amides is 1. The van der Waals surface area contributed by atoms with Crippen molar-refractivity contribution in [2.24, 2.45) is 5.92 Å². The Morgan fingerprint density at radius 1 is 1.41 bits per heavy atom. The summed E-state index contributed by atoms with van der Waals surface area (Å²) in [5, 5.41) is 3.21. The van der Waals surface area contributed by atoms with Gasteiger partial charge in [-0.05, 0) is 38.8 Å². The van der Waals surface area contributed by atoms with Gasteiger partial charge in [0.2, 0.25) is 5.91 Å². The van der Waals surface area contributed by atoms with Crippen molar-refractivity contribution in [3.8, 4) is 0 Å².